The molecule has 2 N–H and O–H groups in total. The molecule has 0 saturated heterocycles. The molecule has 6 nitrogen and oxygen atoms in total. The Morgan fingerprint density at radius 2 is 1.67 bits per heavy atom. The number of para-hydroxylation sites is 1. The van der Waals surface area contributed by atoms with Gasteiger partial charge in [0.15, 0.2) is 0 Å². The van der Waals surface area contributed by atoms with Crippen molar-refractivity contribution in [1.29, 1.82) is 0 Å². The fourth-order valence-corrected chi connectivity index (χ4v) is 4.24. The van der Waals surface area contributed by atoms with E-state index >= 15 is 0 Å². The first-order valence-electron chi connectivity index (χ1n) is 11.5. The summed E-state index contributed by atoms with van der Waals surface area (Å²) in [5.41, 5.74) is 5.89. The number of aromatic nitrogens is 1. The van der Waals surface area contributed by atoms with Crippen LogP contribution in [-0.2, 0) is 11.3 Å². The number of benzene rings is 3. The zero-order valence-corrected chi connectivity index (χ0v) is 21.4. The molecule has 1 heterocycles. The molecule has 0 spiro atoms. The fraction of sp³-hybridized carbons (Fsp3) is 0.179. The van der Waals surface area contributed by atoms with Crippen molar-refractivity contribution < 1.29 is 9.59 Å². The van der Waals surface area contributed by atoms with Crippen molar-refractivity contribution in [3.63, 3.8) is 0 Å². The van der Waals surface area contributed by atoms with Gasteiger partial charge in [0.2, 0.25) is 0 Å². The Morgan fingerprint density at radius 1 is 0.972 bits per heavy atom. The summed E-state index contributed by atoms with van der Waals surface area (Å²) in [6.45, 7) is 4.32. The summed E-state index contributed by atoms with van der Waals surface area (Å²) in [6.07, 6.45) is 3.59. The number of halogens is 2. The average molecular weight is 521 g/mol. The van der Waals surface area contributed by atoms with Crippen molar-refractivity contribution in [3.05, 3.63) is 106 Å². The molecule has 1 atom stereocenters. The van der Waals surface area contributed by atoms with Crippen molar-refractivity contribution in [2.24, 2.45) is 11.0 Å². The van der Waals surface area contributed by atoms with Crippen LogP contribution in [0.3, 0.4) is 0 Å². The summed E-state index contributed by atoms with van der Waals surface area (Å²) in [5, 5.41) is 9.21. The van der Waals surface area contributed by atoms with Gasteiger partial charge in [0.1, 0.15) is 6.04 Å². The molecule has 2 amide bonds. The van der Waals surface area contributed by atoms with Gasteiger partial charge in [-0.1, -0.05) is 73.4 Å². The maximum absolute atomic E-state index is 12.9. The molecular weight excluding hydrogens is 495 g/mol. The van der Waals surface area contributed by atoms with Crippen LogP contribution in [0, 0.1) is 5.92 Å². The number of carbonyl (C=O) groups excluding carboxylic acids is 2. The minimum absolute atomic E-state index is 0.144. The van der Waals surface area contributed by atoms with E-state index in [1.807, 2.05) is 68.6 Å². The first kappa shape index (κ1) is 25.5. The molecule has 184 valence electrons. The molecule has 4 aromatic rings. The third-order valence-electron chi connectivity index (χ3n) is 5.84. The van der Waals surface area contributed by atoms with Gasteiger partial charge >= 0.3 is 0 Å². The van der Waals surface area contributed by atoms with E-state index in [-0.39, 0.29) is 11.8 Å². The van der Waals surface area contributed by atoms with E-state index in [0.717, 1.165) is 22.0 Å². The zero-order valence-electron chi connectivity index (χ0n) is 19.9. The van der Waals surface area contributed by atoms with Crippen molar-refractivity contribution in [1.82, 2.24) is 15.3 Å². The summed E-state index contributed by atoms with van der Waals surface area (Å²) in [7, 11) is 0. The molecule has 0 saturated carbocycles. The predicted molar refractivity (Wildman–Crippen MR) is 146 cm³/mol. The molecular formula is C28H26Cl2N4O2. The first-order chi connectivity index (χ1) is 17.3. The normalized spacial score (nSPS) is 12.2. The third kappa shape index (κ3) is 5.96. The van der Waals surface area contributed by atoms with E-state index in [0.29, 0.717) is 22.2 Å². The second-order valence-electron chi connectivity index (χ2n) is 8.76. The third-order valence-corrected chi connectivity index (χ3v) is 6.46. The number of hydrogen-bond donors (Lipinski definition) is 2. The second kappa shape index (κ2) is 11.4. The van der Waals surface area contributed by atoms with E-state index in [9.17, 15) is 9.59 Å². The monoisotopic (exact) mass is 520 g/mol. The molecule has 0 fully saturated rings. The molecule has 1 unspecified atom stereocenters. The molecule has 0 radical (unpaired) electrons. The number of nitrogens with zero attached hydrogens (tertiary/aromatic N) is 2. The number of hydrazone groups is 1. The van der Waals surface area contributed by atoms with Crippen LogP contribution in [0.1, 0.15) is 35.3 Å². The van der Waals surface area contributed by atoms with Gasteiger partial charge in [-0.3, -0.25) is 9.59 Å². The highest BCUT2D eigenvalue weighted by Crippen LogP contribution is 2.23. The van der Waals surface area contributed by atoms with Gasteiger partial charge in [-0.15, -0.1) is 0 Å². The van der Waals surface area contributed by atoms with Crippen LogP contribution in [0.25, 0.3) is 10.9 Å². The van der Waals surface area contributed by atoms with Crippen molar-refractivity contribution in [2.45, 2.75) is 26.4 Å². The zero-order chi connectivity index (χ0) is 25.7. The number of hydrogen-bond acceptors (Lipinski definition) is 3. The molecule has 3 aromatic carbocycles. The van der Waals surface area contributed by atoms with Crippen molar-refractivity contribution in [2.75, 3.05) is 0 Å². The van der Waals surface area contributed by atoms with Gasteiger partial charge in [-0.25, -0.2) is 5.43 Å². The van der Waals surface area contributed by atoms with E-state index in [1.54, 1.807) is 30.5 Å². The van der Waals surface area contributed by atoms with E-state index in [1.165, 1.54) is 0 Å². The topological polar surface area (TPSA) is 75.5 Å². The number of carbonyl (C=O) groups is 2. The lowest BCUT2D eigenvalue weighted by molar-refractivity contribution is -0.123. The summed E-state index contributed by atoms with van der Waals surface area (Å²) in [6, 6.07) is 21.4. The number of fused-ring (bicyclic) bond motifs is 1. The molecule has 4 rings (SSSR count). The summed E-state index contributed by atoms with van der Waals surface area (Å²) < 4.78 is 2.10. The Hall–Kier alpha value is -3.61. The van der Waals surface area contributed by atoms with Gasteiger partial charge in [0.25, 0.3) is 11.8 Å². The fourth-order valence-electron chi connectivity index (χ4n) is 3.91. The standard InChI is InChI=1S/C28H26Cl2N4O2/c1-18(2)26(32-27(35)19-11-13-22(29)14-12-19)28(36)33-31-15-21-17-34(25-10-6-4-8-23(21)25)16-20-7-3-5-9-24(20)30/h3-15,17-18,26H,16H2,1-2H3,(H,32,35)(H,33,36)/b31-15-. The highest BCUT2D eigenvalue weighted by atomic mass is 35.5. The van der Waals surface area contributed by atoms with Gasteiger partial charge in [-0.05, 0) is 47.9 Å². The molecule has 0 aliphatic rings. The van der Waals surface area contributed by atoms with Crippen LogP contribution in [0.4, 0.5) is 0 Å². The lowest BCUT2D eigenvalue weighted by Crippen LogP contribution is -2.48. The Balaban J connectivity index is 1.49. The summed E-state index contributed by atoms with van der Waals surface area (Å²) in [4.78, 5) is 25.5. The Labute approximate surface area is 219 Å². The van der Waals surface area contributed by atoms with E-state index < -0.39 is 11.9 Å². The van der Waals surface area contributed by atoms with Gasteiger partial charge in [0.05, 0.1) is 6.21 Å². The van der Waals surface area contributed by atoms with Gasteiger partial charge < -0.3 is 9.88 Å². The molecule has 1 aromatic heterocycles. The summed E-state index contributed by atoms with van der Waals surface area (Å²) in [5.74, 6) is -0.899. The second-order valence-corrected chi connectivity index (χ2v) is 9.60. The smallest absolute Gasteiger partial charge is 0.262 e. The van der Waals surface area contributed by atoms with Gasteiger partial charge in [0, 0.05) is 44.8 Å². The minimum Gasteiger partial charge on any atom is -0.342 e. The van der Waals surface area contributed by atoms with Gasteiger partial charge in [-0.2, -0.15) is 5.10 Å². The highest BCUT2D eigenvalue weighted by molar-refractivity contribution is 6.31. The molecule has 0 aliphatic heterocycles. The van der Waals surface area contributed by atoms with Crippen molar-refractivity contribution >= 4 is 52.1 Å². The predicted octanol–water partition coefficient (Wildman–Crippen LogP) is 5.90. The Bertz CT molecular complexity index is 1410. The Kier molecular flexibility index (Phi) is 8.08. The SMILES string of the molecule is CC(C)C(NC(=O)c1ccc(Cl)cc1)C(=O)N/N=C\c1cn(Cc2ccccc2Cl)c2ccccc12. The van der Waals surface area contributed by atoms with Crippen LogP contribution < -0.4 is 10.7 Å². The molecule has 8 heteroatoms. The van der Waals surface area contributed by atoms with Crippen molar-refractivity contribution in [3.8, 4) is 0 Å². The summed E-state index contributed by atoms with van der Waals surface area (Å²) >= 11 is 12.3. The number of nitrogens with one attached hydrogen (secondary N) is 2. The quantitative estimate of drug-likeness (QED) is 0.224. The van der Waals surface area contributed by atoms with Crippen LogP contribution >= 0.6 is 23.2 Å². The van der Waals surface area contributed by atoms with Crippen LogP contribution in [0.15, 0.2) is 84.1 Å². The highest BCUT2D eigenvalue weighted by Gasteiger charge is 2.24. The lowest BCUT2D eigenvalue weighted by atomic mass is 10.0. The largest absolute Gasteiger partial charge is 0.342 e. The van der Waals surface area contributed by atoms with Crippen LogP contribution in [0.2, 0.25) is 10.0 Å². The lowest BCUT2D eigenvalue weighted by Gasteiger charge is -2.20. The maximum atomic E-state index is 12.9. The van der Waals surface area contributed by atoms with Crippen LogP contribution in [0.5, 0.6) is 0 Å². The number of rotatable bonds is 8. The maximum Gasteiger partial charge on any atom is 0.262 e. The average Bonchev–Trinajstić information content (AvgIpc) is 3.21. The van der Waals surface area contributed by atoms with E-state index in [4.69, 9.17) is 23.2 Å². The molecule has 0 aliphatic carbocycles. The van der Waals surface area contributed by atoms with E-state index in [2.05, 4.69) is 20.4 Å². The molecule has 0 bridgehead atoms. The Morgan fingerprint density at radius 3 is 2.39 bits per heavy atom. The van der Waals surface area contributed by atoms with Crippen LogP contribution in [-0.4, -0.2) is 28.6 Å². The number of amides is 2. The molecule has 36 heavy (non-hydrogen) atoms. The first-order valence-corrected chi connectivity index (χ1v) is 12.3. The minimum atomic E-state index is -0.758.